The molecular formula is C28H47NO3S. The summed E-state index contributed by atoms with van der Waals surface area (Å²) in [5.74, 6) is 0.0340. The molecule has 0 aliphatic heterocycles. The third kappa shape index (κ3) is 17.6. The Morgan fingerprint density at radius 2 is 1.27 bits per heavy atom. The third-order valence-corrected chi connectivity index (χ3v) is 7.14. The highest BCUT2D eigenvalue weighted by molar-refractivity contribution is 7.98. The molecule has 1 rings (SSSR count). The van der Waals surface area contributed by atoms with Gasteiger partial charge in [-0.05, 0) is 12.0 Å². The van der Waals surface area contributed by atoms with Crippen molar-refractivity contribution in [3.8, 4) is 0 Å². The molecule has 1 amide bonds. The zero-order valence-electron chi connectivity index (χ0n) is 20.9. The van der Waals surface area contributed by atoms with E-state index < -0.39 is 12.0 Å². The predicted octanol–water partition coefficient (Wildman–Crippen LogP) is 7.75. The monoisotopic (exact) mass is 477 g/mol. The molecule has 188 valence electrons. The summed E-state index contributed by atoms with van der Waals surface area (Å²) in [7, 11) is 0. The summed E-state index contributed by atoms with van der Waals surface area (Å²) in [6.45, 7) is 2.27. The summed E-state index contributed by atoms with van der Waals surface area (Å²) >= 11 is 1.54. The van der Waals surface area contributed by atoms with Crippen molar-refractivity contribution in [1.82, 2.24) is 5.32 Å². The number of carbonyl (C=O) groups excluding carboxylic acids is 1. The topological polar surface area (TPSA) is 66.4 Å². The summed E-state index contributed by atoms with van der Waals surface area (Å²) in [5, 5.41) is 12.1. The van der Waals surface area contributed by atoms with E-state index in [1.54, 1.807) is 0 Å². The van der Waals surface area contributed by atoms with Gasteiger partial charge in [-0.15, -0.1) is 0 Å². The van der Waals surface area contributed by atoms with Crippen LogP contribution < -0.4 is 5.32 Å². The number of unbranched alkanes of at least 4 members (excludes halogenated alkanes) is 14. The molecule has 0 bridgehead atoms. The van der Waals surface area contributed by atoms with Crippen LogP contribution in [0.15, 0.2) is 30.3 Å². The molecule has 0 radical (unpaired) electrons. The van der Waals surface area contributed by atoms with Gasteiger partial charge in [-0.2, -0.15) is 11.8 Å². The molecule has 0 aromatic heterocycles. The molecule has 0 spiro atoms. The minimum Gasteiger partial charge on any atom is -0.480 e. The minimum absolute atomic E-state index is 0.141. The van der Waals surface area contributed by atoms with E-state index >= 15 is 0 Å². The van der Waals surface area contributed by atoms with E-state index in [9.17, 15) is 14.7 Å². The Morgan fingerprint density at radius 3 is 1.76 bits per heavy atom. The molecule has 5 heteroatoms. The average Bonchev–Trinajstić information content (AvgIpc) is 2.81. The fourth-order valence-corrected chi connectivity index (χ4v) is 4.97. The van der Waals surface area contributed by atoms with E-state index in [2.05, 4.69) is 12.2 Å². The van der Waals surface area contributed by atoms with Crippen molar-refractivity contribution in [2.24, 2.45) is 0 Å². The number of hydrogen-bond acceptors (Lipinski definition) is 3. The van der Waals surface area contributed by atoms with Crippen LogP contribution in [0.25, 0.3) is 0 Å². The van der Waals surface area contributed by atoms with E-state index in [4.69, 9.17) is 0 Å². The van der Waals surface area contributed by atoms with Crippen LogP contribution in [0.5, 0.6) is 0 Å². The quantitative estimate of drug-likeness (QED) is 0.168. The maximum Gasteiger partial charge on any atom is 0.327 e. The summed E-state index contributed by atoms with van der Waals surface area (Å²) < 4.78 is 0. The number of carbonyl (C=O) groups is 2. The number of nitrogens with one attached hydrogen (secondary N) is 1. The highest BCUT2D eigenvalue weighted by Crippen LogP contribution is 2.15. The molecule has 2 N–H and O–H groups in total. The summed E-state index contributed by atoms with van der Waals surface area (Å²) in [5.41, 5.74) is 1.16. The van der Waals surface area contributed by atoms with Crippen LogP contribution in [0.1, 0.15) is 115 Å². The Kier molecular flexibility index (Phi) is 18.9. The van der Waals surface area contributed by atoms with Crippen molar-refractivity contribution < 1.29 is 14.7 Å². The van der Waals surface area contributed by atoms with Gasteiger partial charge in [0.15, 0.2) is 0 Å². The maximum absolute atomic E-state index is 12.1. The van der Waals surface area contributed by atoms with Gasteiger partial charge in [0.1, 0.15) is 6.04 Å². The Hall–Kier alpha value is -1.49. The zero-order chi connectivity index (χ0) is 24.0. The van der Waals surface area contributed by atoms with E-state index in [0.717, 1.165) is 24.2 Å². The van der Waals surface area contributed by atoms with Crippen LogP contribution in [-0.2, 0) is 15.3 Å². The van der Waals surface area contributed by atoms with Crippen molar-refractivity contribution in [3.63, 3.8) is 0 Å². The first kappa shape index (κ1) is 29.5. The number of hydrogen-bond donors (Lipinski definition) is 2. The van der Waals surface area contributed by atoms with Gasteiger partial charge in [0.25, 0.3) is 0 Å². The van der Waals surface area contributed by atoms with Crippen LogP contribution >= 0.6 is 11.8 Å². The molecule has 0 heterocycles. The van der Waals surface area contributed by atoms with Crippen LogP contribution in [-0.4, -0.2) is 28.8 Å². The van der Waals surface area contributed by atoms with Crippen molar-refractivity contribution in [2.45, 2.75) is 121 Å². The van der Waals surface area contributed by atoms with Crippen molar-refractivity contribution in [1.29, 1.82) is 0 Å². The van der Waals surface area contributed by atoms with Crippen LogP contribution in [0, 0.1) is 0 Å². The lowest BCUT2D eigenvalue weighted by Gasteiger charge is -2.14. The standard InChI is InChI=1S/C28H47NO3S/c1-2-3-4-5-6-7-8-9-10-11-12-13-14-15-19-22-27(30)29-26(28(31)32)24-33-23-25-20-17-16-18-21-25/h16-18,20-21,26H,2-15,19,22-24H2,1H3,(H,29,30)(H,31,32)/t26-/m0/s1. The smallest absolute Gasteiger partial charge is 0.327 e. The van der Waals surface area contributed by atoms with Crippen LogP contribution in [0.2, 0.25) is 0 Å². The molecule has 0 aliphatic rings. The Labute approximate surface area is 206 Å². The number of aliphatic carboxylic acids is 1. The van der Waals surface area contributed by atoms with Gasteiger partial charge in [0.2, 0.25) is 5.91 Å². The molecule has 1 aromatic carbocycles. The van der Waals surface area contributed by atoms with Crippen molar-refractivity contribution >= 4 is 23.6 Å². The van der Waals surface area contributed by atoms with Crippen molar-refractivity contribution in [3.05, 3.63) is 35.9 Å². The second-order valence-electron chi connectivity index (χ2n) is 9.16. The Balaban J connectivity index is 1.94. The first-order valence-corrected chi connectivity index (χ1v) is 14.4. The Bertz CT molecular complexity index is 608. The molecule has 0 saturated carbocycles. The average molecular weight is 478 g/mol. The molecule has 1 aromatic rings. The van der Waals surface area contributed by atoms with E-state index in [1.165, 1.54) is 95.2 Å². The fraction of sp³-hybridized carbons (Fsp3) is 0.714. The molecule has 0 saturated heterocycles. The van der Waals surface area contributed by atoms with Gasteiger partial charge in [0.05, 0.1) is 0 Å². The molecule has 0 aliphatic carbocycles. The number of carboxylic acids is 1. The minimum atomic E-state index is -0.958. The second kappa shape index (κ2) is 21.1. The molecular weight excluding hydrogens is 430 g/mol. The molecule has 33 heavy (non-hydrogen) atoms. The third-order valence-electron chi connectivity index (χ3n) is 6.04. The number of rotatable bonds is 22. The predicted molar refractivity (Wildman–Crippen MR) is 142 cm³/mol. The SMILES string of the molecule is CCCCCCCCCCCCCCCCCC(=O)N[C@@H](CSCc1ccccc1)C(=O)O. The number of carboxylic acid groups (broad SMARTS) is 1. The second-order valence-corrected chi connectivity index (χ2v) is 10.2. The lowest BCUT2D eigenvalue weighted by atomic mass is 10.0. The maximum atomic E-state index is 12.1. The zero-order valence-corrected chi connectivity index (χ0v) is 21.7. The lowest BCUT2D eigenvalue weighted by Crippen LogP contribution is -2.42. The highest BCUT2D eigenvalue weighted by atomic mass is 32.2. The normalized spacial score (nSPS) is 11.9. The highest BCUT2D eigenvalue weighted by Gasteiger charge is 2.19. The van der Waals surface area contributed by atoms with E-state index in [-0.39, 0.29) is 5.91 Å². The van der Waals surface area contributed by atoms with Crippen LogP contribution in [0.4, 0.5) is 0 Å². The number of amides is 1. The summed E-state index contributed by atoms with van der Waals surface area (Å²) in [6.07, 6.45) is 19.8. The molecule has 1 atom stereocenters. The van der Waals surface area contributed by atoms with E-state index in [1.807, 2.05) is 30.3 Å². The summed E-state index contributed by atoms with van der Waals surface area (Å²) in [4.78, 5) is 23.6. The van der Waals surface area contributed by atoms with E-state index in [0.29, 0.717) is 12.2 Å². The molecule has 4 nitrogen and oxygen atoms in total. The van der Waals surface area contributed by atoms with Gasteiger partial charge in [-0.3, -0.25) is 4.79 Å². The number of benzene rings is 1. The first-order valence-electron chi connectivity index (χ1n) is 13.3. The number of thioether (sulfide) groups is 1. The summed E-state index contributed by atoms with van der Waals surface area (Å²) in [6, 6.07) is 9.15. The van der Waals surface area contributed by atoms with Gasteiger partial charge in [-0.25, -0.2) is 4.79 Å². The van der Waals surface area contributed by atoms with Crippen LogP contribution in [0.3, 0.4) is 0 Å². The lowest BCUT2D eigenvalue weighted by molar-refractivity contribution is -0.141. The van der Waals surface area contributed by atoms with Gasteiger partial charge in [0, 0.05) is 17.9 Å². The van der Waals surface area contributed by atoms with Gasteiger partial charge < -0.3 is 10.4 Å². The van der Waals surface area contributed by atoms with Gasteiger partial charge in [-0.1, -0.05) is 127 Å². The van der Waals surface area contributed by atoms with Crippen molar-refractivity contribution in [2.75, 3.05) is 5.75 Å². The Morgan fingerprint density at radius 1 is 0.788 bits per heavy atom. The van der Waals surface area contributed by atoms with Gasteiger partial charge >= 0.3 is 5.97 Å². The fourth-order valence-electron chi connectivity index (χ4n) is 3.97. The first-order chi connectivity index (χ1) is 16.1. The largest absolute Gasteiger partial charge is 0.480 e. The molecule has 0 fully saturated rings. The molecule has 0 unspecified atom stereocenters.